The van der Waals surface area contributed by atoms with E-state index in [0.29, 0.717) is 0 Å². The molecule has 0 saturated heterocycles. The zero-order chi connectivity index (χ0) is 17.1. The van der Waals surface area contributed by atoms with Gasteiger partial charge in [-0.25, -0.2) is 9.13 Å². The third-order valence-electron chi connectivity index (χ3n) is 4.31. The number of aromatic nitrogens is 2. The van der Waals surface area contributed by atoms with Gasteiger partial charge in [-0.05, 0) is 43.2 Å². The molecule has 2 aromatic carbocycles. The Balaban J connectivity index is 1.86. The first-order valence-corrected chi connectivity index (χ1v) is 8.17. The number of aryl methyl sites for hydroxylation is 1. The Hall–Kier alpha value is -2.88. The molecule has 3 rings (SSSR count). The number of nitrogens with zero attached hydrogens (tertiary/aromatic N) is 2. The second kappa shape index (κ2) is 6.71. The molecule has 0 fully saturated rings. The van der Waals surface area contributed by atoms with Crippen molar-refractivity contribution in [2.45, 2.75) is 26.3 Å². The van der Waals surface area contributed by atoms with Gasteiger partial charge in [0.05, 0.1) is 6.20 Å². The highest BCUT2D eigenvalue weighted by atomic mass is 16.2. The molecule has 24 heavy (non-hydrogen) atoms. The molecule has 0 aliphatic rings. The minimum atomic E-state index is -0.332. The lowest BCUT2D eigenvalue weighted by molar-refractivity contribution is -0.680. The van der Waals surface area contributed by atoms with Crippen LogP contribution in [-0.4, -0.2) is 10.5 Å². The summed E-state index contributed by atoms with van der Waals surface area (Å²) in [6.45, 7) is 7.84. The van der Waals surface area contributed by atoms with Crippen molar-refractivity contribution in [3.63, 3.8) is 0 Å². The van der Waals surface area contributed by atoms with E-state index in [-0.39, 0.29) is 11.9 Å². The third kappa shape index (κ3) is 2.95. The maximum atomic E-state index is 12.6. The summed E-state index contributed by atoms with van der Waals surface area (Å²) in [5.41, 5.74) is 4.10. The summed E-state index contributed by atoms with van der Waals surface area (Å²) in [5, 5.41) is 2.99. The van der Waals surface area contributed by atoms with E-state index in [0.717, 1.165) is 23.1 Å². The Bertz CT molecular complexity index is 878. The number of carbonyl (C=O) groups excluding carboxylic acids is 1. The zero-order valence-corrected chi connectivity index (χ0v) is 14.1. The van der Waals surface area contributed by atoms with Gasteiger partial charge >= 0.3 is 0 Å². The van der Waals surface area contributed by atoms with E-state index in [2.05, 4.69) is 18.8 Å². The van der Waals surface area contributed by atoms with E-state index < -0.39 is 0 Å². The summed E-state index contributed by atoms with van der Waals surface area (Å²) in [5.74, 6) is -0.0452. The van der Waals surface area contributed by atoms with Gasteiger partial charge in [-0.2, -0.15) is 0 Å². The van der Waals surface area contributed by atoms with Crippen molar-refractivity contribution in [1.29, 1.82) is 0 Å². The lowest BCUT2D eigenvalue weighted by Crippen LogP contribution is -2.43. The summed E-state index contributed by atoms with van der Waals surface area (Å²) in [7, 11) is 0. The number of hydrogen-bond donors (Lipinski definition) is 1. The van der Waals surface area contributed by atoms with E-state index in [4.69, 9.17) is 0 Å². The Labute approximate surface area is 142 Å². The van der Waals surface area contributed by atoms with E-state index >= 15 is 0 Å². The van der Waals surface area contributed by atoms with Gasteiger partial charge in [0.1, 0.15) is 0 Å². The Kier molecular flexibility index (Phi) is 4.47. The van der Waals surface area contributed by atoms with Gasteiger partial charge in [0.15, 0.2) is 17.1 Å². The summed E-state index contributed by atoms with van der Waals surface area (Å²) < 4.78 is 3.89. The van der Waals surface area contributed by atoms with Crippen LogP contribution in [0.4, 0.5) is 5.69 Å². The minimum absolute atomic E-state index is 0.0452. The average Bonchev–Trinajstić information content (AvgIpc) is 3.00. The van der Waals surface area contributed by atoms with Crippen LogP contribution in [0.2, 0.25) is 0 Å². The molecule has 0 aliphatic carbocycles. The van der Waals surface area contributed by atoms with E-state index in [1.54, 1.807) is 6.20 Å². The van der Waals surface area contributed by atoms with Crippen molar-refractivity contribution in [3.8, 4) is 0 Å². The zero-order valence-electron chi connectivity index (χ0n) is 14.1. The van der Waals surface area contributed by atoms with Crippen LogP contribution in [0.5, 0.6) is 0 Å². The highest BCUT2D eigenvalue weighted by molar-refractivity contribution is 5.92. The molecule has 122 valence electrons. The van der Waals surface area contributed by atoms with Crippen molar-refractivity contribution >= 4 is 28.8 Å². The number of fused-ring (bicyclic) bond motifs is 1. The van der Waals surface area contributed by atoms with Crippen LogP contribution in [0, 0.1) is 0 Å². The molecule has 0 bridgehead atoms. The number of rotatable bonds is 5. The topological polar surface area (TPSA) is 37.9 Å². The first-order valence-electron chi connectivity index (χ1n) is 8.17. The van der Waals surface area contributed by atoms with Crippen LogP contribution in [0.15, 0.2) is 61.4 Å². The lowest BCUT2D eigenvalue weighted by atomic mass is 10.1. The molecule has 3 aromatic rings. The number of hydrogen-bond acceptors (Lipinski definition) is 1. The average molecular weight is 320 g/mol. The molecule has 4 nitrogen and oxygen atoms in total. The van der Waals surface area contributed by atoms with Crippen LogP contribution in [0.25, 0.3) is 17.2 Å². The third-order valence-corrected chi connectivity index (χ3v) is 4.31. The van der Waals surface area contributed by atoms with Crippen LogP contribution in [0.3, 0.4) is 0 Å². The van der Waals surface area contributed by atoms with E-state index in [9.17, 15) is 4.79 Å². The van der Waals surface area contributed by atoms with Crippen LogP contribution in [0.1, 0.15) is 25.5 Å². The summed E-state index contributed by atoms with van der Waals surface area (Å²) in [6.07, 6.45) is 4.64. The molecule has 1 amide bonds. The Morgan fingerprint density at radius 3 is 2.62 bits per heavy atom. The highest BCUT2D eigenvalue weighted by Gasteiger charge is 2.24. The number of amides is 1. The first-order chi connectivity index (χ1) is 11.6. The van der Waals surface area contributed by atoms with Crippen LogP contribution in [-0.2, 0) is 11.2 Å². The standard InChI is InChI=1S/C20H21N3O/c1-4-16-10-12-17(13-11-16)21-20(24)15(3)23-14-22(5-2)18-8-6-7-9-19(18)23/h5-15H,2,4H2,1,3H3/p+1/t15-/m1/s1. The predicted molar refractivity (Wildman–Crippen MR) is 97.7 cm³/mol. The number of benzene rings is 2. The normalized spacial score (nSPS) is 12.1. The molecule has 1 heterocycles. The summed E-state index contributed by atoms with van der Waals surface area (Å²) in [6, 6.07) is 15.6. The summed E-state index contributed by atoms with van der Waals surface area (Å²) in [4.78, 5) is 12.6. The predicted octanol–water partition coefficient (Wildman–Crippen LogP) is 3.79. The molecular formula is C20H22N3O+. The molecule has 0 unspecified atom stereocenters. The number of nitrogens with one attached hydrogen (secondary N) is 1. The first kappa shape index (κ1) is 16.0. The van der Waals surface area contributed by atoms with Crippen molar-refractivity contribution < 1.29 is 9.36 Å². The SMILES string of the molecule is C=Cn1c[n+]([C@H](C)C(=O)Nc2ccc(CC)cc2)c2ccccc21. The molecular weight excluding hydrogens is 298 g/mol. The lowest BCUT2D eigenvalue weighted by Gasteiger charge is -2.10. The molecule has 1 atom stereocenters. The number of anilines is 1. The molecule has 4 heteroatoms. The molecule has 0 spiro atoms. The molecule has 0 aliphatic heterocycles. The van der Waals surface area contributed by atoms with Crippen molar-refractivity contribution in [2.75, 3.05) is 5.32 Å². The van der Waals surface area contributed by atoms with Gasteiger partial charge in [0, 0.05) is 5.69 Å². The summed E-state index contributed by atoms with van der Waals surface area (Å²) >= 11 is 0. The van der Waals surface area contributed by atoms with E-state index in [1.165, 1.54) is 5.56 Å². The quantitative estimate of drug-likeness (QED) is 0.714. The number of carbonyl (C=O) groups is 1. The van der Waals surface area contributed by atoms with Crippen molar-refractivity contribution in [3.05, 3.63) is 67.0 Å². The molecule has 1 N–H and O–H groups in total. The second-order valence-electron chi connectivity index (χ2n) is 5.82. The van der Waals surface area contributed by atoms with Gasteiger partial charge < -0.3 is 5.32 Å². The monoisotopic (exact) mass is 320 g/mol. The van der Waals surface area contributed by atoms with E-state index in [1.807, 2.05) is 70.9 Å². The smallest absolute Gasteiger partial charge is 0.269 e. The fraction of sp³-hybridized carbons (Fsp3) is 0.200. The Morgan fingerprint density at radius 2 is 1.96 bits per heavy atom. The van der Waals surface area contributed by atoms with Crippen LogP contribution < -0.4 is 9.88 Å². The van der Waals surface area contributed by atoms with Gasteiger partial charge in [-0.3, -0.25) is 4.79 Å². The van der Waals surface area contributed by atoms with Gasteiger partial charge in [0.25, 0.3) is 5.91 Å². The largest absolute Gasteiger partial charge is 0.322 e. The van der Waals surface area contributed by atoms with Gasteiger partial charge in [-0.15, -0.1) is 0 Å². The van der Waals surface area contributed by atoms with Crippen molar-refractivity contribution in [1.82, 2.24) is 4.57 Å². The molecule has 0 saturated carbocycles. The molecule has 0 radical (unpaired) electrons. The number of para-hydroxylation sites is 2. The number of imidazole rings is 1. The fourth-order valence-electron chi connectivity index (χ4n) is 2.81. The van der Waals surface area contributed by atoms with Gasteiger partial charge in [0.2, 0.25) is 6.33 Å². The van der Waals surface area contributed by atoms with Gasteiger partial charge in [-0.1, -0.05) is 37.8 Å². The van der Waals surface area contributed by atoms with Crippen LogP contribution >= 0.6 is 0 Å². The maximum absolute atomic E-state index is 12.6. The Morgan fingerprint density at radius 1 is 1.25 bits per heavy atom. The second-order valence-corrected chi connectivity index (χ2v) is 5.82. The maximum Gasteiger partial charge on any atom is 0.269 e. The fourth-order valence-corrected chi connectivity index (χ4v) is 2.81. The molecule has 1 aromatic heterocycles. The highest BCUT2D eigenvalue weighted by Crippen LogP contribution is 2.15. The minimum Gasteiger partial charge on any atom is -0.322 e. The van der Waals surface area contributed by atoms with Crippen molar-refractivity contribution in [2.24, 2.45) is 0 Å².